The van der Waals surface area contributed by atoms with Crippen molar-refractivity contribution in [2.24, 2.45) is 0 Å². The summed E-state index contributed by atoms with van der Waals surface area (Å²) in [5.74, 6) is -0.326. The maximum absolute atomic E-state index is 11.0. The lowest BCUT2D eigenvalue weighted by molar-refractivity contribution is -0.137. The van der Waals surface area contributed by atoms with Gasteiger partial charge < -0.3 is 4.74 Å². The van der Waals surface area contributed by atoms with Crippen LogP contribution in [0.15, 0.2) is 60.8 Å². The van der Waals surface area contributed by atoms with Crippen LogP contribution in [-0.2, 0) is 9.53 Å². The third-order valence-corrected chi connectivity index (χ3v) is 1.59. The third-order valence-electron chi connectivity index (χ3n) is 1.59. The number of hydrogen-bond acceptors (Lipinski definition) is 2. The highest BCUT2D eigenvalue weighted by Gasteiger charge is 1.90. The largest absolute Gasteiger partial charge is 0.463 e. The molecule has 0 radical (unpaired) electrons. The quantitative estimate of drug-likeness (QED) is 0.396. The summed E-state index contributed by atoms with van der Waals surface area (Å²) >= 11 is 0. The Bertz CT molecular complexity index is 331. The lowest BCUT2D eigenvalue weighted by atomic mass is 10.2. The summed E-state index contributed by atoms with van der Waals surface area (Å²) < 4.78 is 4.74. The highest BCUT2D eigenvalue weighted by atomic mass is 16.5. The molecule has 0 aliphatic heterocycles. The average Bonchev–Trinajstić information content (AvgIpc) is 2.38. The van der Waals surface area contributed by atoms with Crippen molar-refractivity contribution in [2.75, 3.05) is 6.61 Å². The van der Waals surface area contributed by atoms with Crippen LogP contribution in [-0.4, -0.2) is 12.6 Å². The van der Waals surface area contributed by atoms with Crippen molar-refractivity contribution in [3.63, 3.8) is 0 Å². The van der Waals surface area contributed by atoms with Crippen LogP contribution in [0.4, 0.5) is 0 Å². The summed E-state index contributed by atoms with van der Waals surface area (Å²) in [6.07, 6.45) is 14.2. The number of hydrogen-bond donors (Lipinski definition) is 0. The van der Waals surface area contributed by atoms with Crippen LogP contribution in [0.25, 0.3) is 0 Å². The Balaban J connectivity index is 0. The zero-order chi connectivity index (χ0) is 14.2. The van der Waals surface area contributed by atoms with E-state index in [1.807, 2.05) is 45.1 Å². The number of ether oxygens (including phenoxy) is 1. The second kappa shape index (κ2) is 15.2. The summed E-state index contributed by atoms with van der Waals surface area (Å²) in [5.41, 5.74) is 1.02. The molecule has 0 heterocycles. The first-order valence-electron chi connectivity index (χ1n) is 6.21. The van der Waals surface area contributed by atoms with Gasteiger partial charge in [-0.3, -0.25) is 0 Å². The number of esters is 1. The van der Waals surface area contributed by atoms with E-state index in [1.54, 1.807) is 25.2 Å². The van der Waals surface area contributed by atoms with Gasteiger partial charge in [0.25, 0.3) is 0 Å². The highest BCUT2D eigenvalue weighted by Crippen LogP contribution is 2.00. The molecular weight excluding hydrogens is 224 g/mol. The summed E-state index contributed by atoms with van der Waals surface area (Å²) in [4.78, 5) is 11.0. The molecule has 0 amide bonds. The maximum Gasteiger partial charge on any atom is 0.330 e. The van der Waals surface area contributed by atoms with Crippen molar-refractivity contribution in [1.29, 1.82) is 0 Å². The van der Waals surface area contributed by atoms with E-state index in [9.17, 15) is 4.79 Å². The minimum Gasteiger partial charge on any atom is -0.463 e. The Morgan fingerprint density at radius 3 is 2.28 bits per heavy atom. The van der Waals surface area contributed by atoms with Gasteiger partial charge in [0.1, 0.15) is 0 Å². The predicted octanol–water partition coefficient (Wildman–Crippen LogP) is 4.38. The van der Waals surface area contributed by atoms with Crippen molar-refractivity contribution < 1.29 is 9.53 Å². The number of rotatable bonds is 6. The van der Waals surface area contributed by atoms with Crippen LogP contribution in [0.5, 0.6) is 0 Å². The zero-order valence-electron chi connectivity index (χ0n) is 11.8. The van der Waals surface area contributed by atoms with Crippen LogP contribution in [0.1, 0.15) is 27.7 Å². The topological polar surface area (TPSA) is 26.3 Å². The lowest BCUT2D eigenvalue weighted by Crippen LogP contribution is -1.98. The molecule has 0 rings (SSSR count). The zero-order valence-corrected chi connectivity index (χ0v) is 11.8. The first-order chi connectivity index (χ1) is 8.74. The van der Waals surface area contributed by atoms with Gasteiger partial charge in [-0.1, -0.05) is 63.0 Å². The van der Waals surface area contributed by atoms with Crippen LogP contribution >= 0.6 is 0 Å². The molecule has 0 bridgehead atoms. The van der Waals surface area contributed by atoms with Gasteiger partial charge in [0, 0.05) is 6.08 Å². The van der Waals surface area contributed by atoms with Crippen LogP contribution in [0, 0.1) is 0 Å². The molecule has 0 aromatic carbocycles. The van der Waals surface area contributed by atoms with E-state index in [0.29, 0.717) is 6.61 Å². The van der Waals surface area contributed by atoms with Crippen molar-refractivity contribution in [3.8, 4) is 0 Å². The van der Waals surface area contributed by atoms with Gasteiger partial charge in [-0.15, -0.1) is 0 Å². The molecule has 18 heavy (non-hydrogen) atoms. The molecule has 2 nitrogen and oxygen atoms in total. The van der Waals surface area contributed by atoms with E-state index >= 15 is 0 Å². The number of allylic oxidation sites excluding steroid dienone is 8. The third kappa shape index (κ3) is 12.2. The van der Waals surface area contributed by atoms with E-state index in [0.717, 1.165) is 5.57 Å². The SMILES string of the molecule is C=C/C=C(\C=C/C)/C=C/C=C/C(=O)OCC.CC. The molecule has 0 N–H and O–H groups in total. The van der Waals surface area contributed by atoms with Gasteiger partial charge in [0.2, 0.25) is 0 Å². The van der Waals surface area contributed by atoms with Crippen LogP contribution in [0.2, 0.25) is 0 Å². The smallest absolute Gasteiger partial charge is 0.330 e. The Morgan fingerprint density at radius 2 is 1.78 bits per heavy atom. The lowest BCUT2D eigenvalue weighted by Gasteiger charge is -1.93. The molecule has 2 heteroatoms. The number of carbonyl (C=O) groups excluding carboxylic acids is 1. The fourth-order valence-electron chi connectivity index (χ4n) is 0.986. The average molecular weight is 248 g/mol. The van der Waals surface area contributed by atoms with Crippen molar-refractivity contribution in [3.05, 3.63) is 60.8 Å². The van der Waals surface area contributed by atoms with Gasteiger partial charge in [-0.05, 0) is 19.4 Å². The van der Waals surface area contributed by atoms with Crippen LogP contribution in [0.3, 0.4) is 0 Å². The Kier molecular flexibility index (Phi) is 15.6. The van der Waals surface area contributed by atoms with Gasteiger partial charge in [0.15, 0.2) is 0 Å². The minimum atomic E-state index is -0.326. The van der Waals surface area contributed by atoms with E-state index in [1.165, 1.54) is 6.08 Å². The van der Waals surface area contributed by atoms with E-state index < -0.39 is 0 Å². The van der Waals surface area contributed by atoms with Gasteiger partial charge in [0.05, 0.1) is 6.61 Å². The summed E-state index contributed by atoms with van der Waals surface area (Å²) in [5, 5.41) is 0. The Hall–Kier alpha value is -1.83. The monoisotopic (exact) mass is 248 g/mol. The first kappa shape index (κ1) is 18.5. The fraction of sp³-hybridized carbons (Fsp3) is 0.312. The predicted molar refractivity (Wildman–Crippen MR) is 79.4 cm³/mol. The summed E-state index contributed by atoms with van der Waals surface area (Å²) in [6.45, 7) is 11.7. The van der Waals surface area contributed by atoms with Crippen LogP contribution < -0.4 is 0 Å². The van der Waals surface area contributed by atoms with E-state index in [4.69, 9.17) is 4.74 Å². The molecule has 0 fully saturated rings. The normalized spacial score (nSPS) is 11.7. The first-order valence-corrected chi connectivity index (χ1v) is 6.21. The molecular formula is C16H24O2. The number of carbonyl (C=O) groups is 1. The molecule has 0 aliphatic carbocycles. The standard InChI is InChI=1S/C14H18O2.C2H6/c1-4-9-13(10-5-2)11-7-8-12-14(15)16-6-3;1-2/h4-5,7-12H,1,6H2,2-3H3;1-2H3/b10-5-,11-7+,12-8+,13-9+;. The molecule has 0 atom stereocenters. The molecule has 0 saturated heterocycles. The summed E-state index contributed by atoms with van der Waals surface area (Å²) in [6, 6.07) is 0. The highest BCUT2D eigenvalue weighted by molar-refractivity contribution is 5.82. The molecule has 0 aromatic heterocycles. The molecule has 100 valence electrons. The van der Waals surface area contributed by atoms with Crippen molar-refractivity contribution in [2.45, 2.75) is 27.7 Å². The minimum absolute atomic E-state index is 0.326. The molecule has 0 saturated carbocycles. The second-order valence-electron chi connectivity index (χ2n) is 2.87. The fourth-order valence-corrected chi connectivity index (χ4v) is 0.986. The van der Waals surface area contributed by atoms with Gasteiger partial charge in [-0.2, -0.15) is 0 Å². The molecule has 0 aliphatic rings. The van der Waals surface area contributed by atoms with Crippen molar-refractivity contribution >= 4 is 5.97 Å². The summed E-state index contributed by atoms with van der Waals surface area (Å²) in [7, 11) is 0. The van der Waals surface area contributed by atoms with E-state index in [-0.39, 0.29) is 5.97 Å². The second-order valence-corrected chi connectivity index (χ2v) is 2.87. The molecule has 0 spiro atoms. The van der Waals surface area contributed by atoms with Gasteiger partial charge >= 0.3 is 5.97 Å². The maximum atomic E-state index is 11.0. The van der Waals surface area contributed by atoms with E-state index in [2.05, 4.69) is 6.58 Å². The van der Waals surface area contributed by atoms with Gasteiger partial charge in [-0.25, -0.2) is 4.79 Å². The Morgan fingerprint density at radius 1 is 1.17 bits per heavy atom. The molecule has 0 unspecified atom stereocenters. The molecule has 0 aromatic rings. The Labute approximate surface area is 111 Å². The van der Waals surface area contributed by atoms with Crippen molar-refractivity contribution in [1.82, 2.24) is 0 Å².